The number of anilines is 2. The second-order valence-electron chi connectivity index (χ2n) is 5.49. The first-order chi connectivity index (χ1) is 11.5. The summed E-state index contributed by atoms with van der Waals surface area (Å²) >= 11 is 0. The van der Waals surface area contributed by atoms with Gasteiger partial charge in [0.2, 0.25) is 5.91 Å². The Morgan fingerprint density at radius 3 is 2.79 bits per heavy atom. The summed E-state index contributed by atoms with van der Waals surface area (Å²) in [5.74, 6) is 0.353. The lowest BCUT2D eigenvalue weighted by molar-refractivity contribution is -0.115. The molecule has 0 bridgehead atoms. The maximum absolute atomic E-state index is 12.6. The molecule has 0 saturated heterocycles. The van der Waals surface area contributed by atoms with E-state index in [1.807, 2.05) is 6.92 Å². The predicted molar refractivity (Wildman–Crippen MR) is 91.8 cm³/mol. The van der Waals surface area contributed by atoms with Gasteiger partial charge in [0.05, 0.1) is 23.6 Å². The van der Waals surface area contributed by atoms with E-state index in [0.29, 0.717) is 29.3 Å². The molecule has 3 rings (SSSR count). The summed E-state index contributed by atoms with van der Waals surface area (Å²) in [6.45, 7) is 2.48. The smallest absolute Gasteiger partial charge is 0.262 e. The van der Waals surface area contributed by atoms with Gasteiger partial charge in [-0.15, -0.1) is 0 Å². The second kappa shape index (κ2) is 6.52. The first-order valence-electron chi connectivity index (χ1n) is 7.67. The number of carbonyl (C=O) groups excluding carboxylic acids is 1. The van der Waals surface area contributed by atoms with E-state index in [9.17, 15) is 13.2 Å². The Bertz CT molecular complexity index is 878. The van der Waals surface area contributed by atoms with Crippen LogP contribution in [0.15, 0.2) is 47.4 Å². The zero-order valence-electron chi connectivity index (χ0n) is 13.2. The van der Waals surface area contributed by atoms with Crippen molar-refractivity contribution in [3.63, 3.8) is 0 Å². The Morgan fingerprint density at radius 1 is 1.21 bits per heavy atom. The lowest BCUT2D eigenvalue weighted by Crippen LogP contribution is -2.14. The molecule has 6 nitrogen and oxygen atoms in total. The Labute approximate surface area is 140 Å². The molecule has 126 valence electrons. The van der Waals surface area contributed by atoms with Gasteiger partial charge in [0.15, 0.2) is 0 Å². The largest absolute Gasteiger partial charge is 0.491 e. The van der Waals surface area contributed by atoms with E-state index in [4.69, 9.17) is 4.74 Å². The predicted octanol–water partition coefficient (Wildman–Crippen LogP) is 2.77. The van der Waals surface area contributed by atoms with Gasteiger partial charge >= 0.3 is 0 Å². The zero-order chi connectivity index (χ0) is 17.2. The zero-order valence-corrected chi connectivity index (χ0v) is 14.0. The minimum Gasteiger partial charge on any atom is -0.491 e. The van der Waals surface area contributed by atoms with Crippen LogP contribution in [-0.2, 0) is 21.2 Å². The third-order valence-corrected chi connectivity index (χ3v) is 4.97. The molecule has 0 spiro atoms. The lowest BCUT2D eigenvalue weighted by Gasteiger charge is -2.13. The quantitative estimate of drug-likeness (QED) is 0.842. The van der Waals surface area contributed by atoms with E-state index in [0.717, 1.165) is 6.42 Å². The summed E-state index contributed by atoms with van der Waals surface area (Å²) < 4.78 is 33.4. The van der Waals surface area contributed by atoms with Gasteiger partial charge < -0.3 is 10.1 Å². The molecule has 2 aromatic rings. The van der Waals surface area contributed by atoms with E-state index in [-0.39, 0.29) is 17.2 Å². The average Bonchev–Trinajstić information content (AvgIpc) is 2.93. The fourth-order valence-corrected chi connectivity index (χ4v) is 3.59. The molecule has 1 aliphatic rings. The maximum Gasteiger partial charge on any atom is 0.262 e. The van der Waals surface area contributed by atoms with Crippen molar-refractivity contribution in [1.29, 1.82) is 0 Å². The summed E-state index contributed by atoms with van der Waals surface area (Å²) in [5, 5.41) is 2.68. The van der Waals surface area contributed by atoms with Gasteiger partial charge in [-0.05, 0) is 42.3 Å². The van der Waals surface area contributed by atoms with Crippen molar-refractivity contribution in [2.45, 2.75) is 24.7 Å². The number of para-hydroxylation sites is 2. The van der Waals surface area contributed by atoms with Crippen LogP contribution in [0, 0.1) is 0 Å². The third-order valence-electron chi connectivity index (χ3n) is 3.61. The van der Waals surface area contributed by atoms with E-state index < -0.39 is 10.0 Å². The number of sulfonamides is 1. The van der Waals surface area contributed by atoms with Crippen LogP contribution in [-0.4, -0.2) is 20.9 Å². The Kier molecular flexibility index (Phi) is 4.44. The summed E-state index contributed by atoms with van der Waals surface area (Å²) in [6, 6.07) is 11.5. The fourth-order valence-electron chi connectivity index (χ4n) is 2.47. The highest BCUT2D eigenvalue weighted by molar-refractivity contribution is 7.92. The number of amides is 1. The number of hydrogen-bond donors (Lipinski definition) is 2. The number of rotatable bonds is 6. The summed E-state index contributed by atoms with van der Waals surface area (Å²) in [7, 11) is -3.77. The lowest BCUT2D eigenvalue weighted by atomic mass is 10.2. The molecule has 1 heterocycles. The van der Waals surface area contributed by atoms with E-state index in [2.05, 4.69) is 10.0 Å². The molecule has 24 heavy (non-hydrogen) atoms. The highest BCUT2D eigenvalue weighted by Crippen LogP contribution is 2.29. The number of hydrogen-bond acceptors (Lipinski definition) is 4. The minimum absolute atomic E-state index is 0.114. The minimum atomic E-state index is -3.77. The van der Waals surface area contributed by atoms with Crippen LogP contribution >= 0.6 is 0 Å². The molecular weight excluding hydrogens is 328 g/mol. The van der Waals surface area contributed by atoms with Crippen molar-refractivity contribution in [1.82, 2.24) is 0 Å². The summed E-state index contributed by atoms with van der Waals surface area (Å²) in [6.07, 6.45) is 1.02. The van der Waals surface area contributed by atoms with E-state index in [1.54, 1.807) is 30.3 Å². The summed E-state index contributed by atoms with van der Waals surface area (Å²) in [4.78, 5) is 11.5. The molecule has 0 unspecified atom stereocenters. The van der Waals surface area contributed by atoms with Crippen molar-refractivity contribution in [2.75, 3.05) is 16.6 Å². The van der Waals surface area contributed by atoms with Gasteiger partial charge in [0, 0.05) is 5.69 Å². The first kappa shape index (κ1) is 16.3. The number of benzene rings is 2. The Balaban J connectivity index is 1.87. The van der Waals surface area contributed by atoms with Gasteiger partial charge in [-0.2, -0.15) is 0 Å². The van der Waals surface area contributed by atoms with E-state index >= 15 is 0 Å². The van der Waals surface area contributed by atoms with Crippen molar-refractivity contribution in [2.24, 2.45) is 0 Å². The fraction of sp³-hybridized carbons (Fsp3) is 0.235. The summed E-state index contributed by atoms with van der Waals surface area (Å²) in [5.41, 5.74) is 1.73. The SMILES string of the molecule is CCCOc1ccccc1NS(=O)(=O)c1ccc2c(c1)CC(=O)N2. The molecule has 0 fully saturated rings. The molecule has 0 aromatic heterocycles. The van der Waals surface area contributed by atoms with Crippen LogP contribution in [0.2, 0.25) is 0 Å². The molecule has 0 saturated carbocycles. The molecule has 1 amide bonds. The standard InChI is InChI=1S/C17H18N2O4S/c1-2-9-23-16-6-4-3-5-15(16)19-24(21,22)13-7-8-14-12(10-13)11-17(20)18-14/h3-8,10,19H,2,9,11H2,1H3,(H,18,20). The molecule has 2 N–H and O–H groups in total. The van der Waals surface area contributed by atoms with Crippen molar-refractivity contribution in [3.8, 4) is 5.75 Å². The van der Waals surface area contributed by atoms with Gasteiger partial charge in [0.25, 0.3) is 10.0 Å². The number of ether oxygens (including phenoxy) is 1. The average molecular weight is 346 g/mol. The maximum atomic E-state index is 12.6. The van der Waals surface area contributed by atoms with Gasteiger partial charge in [-0.3, -0.25) is 9.52 Å². The van der Waals surface area contributed by atoms with Crippen molar-refractivity contribution in [3.05, 3.63) is 48.0 Å². The molecule has 2 aromatic carbocycles. The molecule has 0 radical (unpaired) electrons. The van der Waals surface area contributed by atoms with Gasteiger partial charge in [0.1, 0.15) is 5.75 Å². The Morgan fingerprint density at radius 2 is 2.00 bits per heavy atom. The van der Waals surface area contributed by atoms with Gasteiger partial charge in [-0.1, -0.05) is 19.1 Å². The molecule has 0 atom stereocenters. The van der Waals surface area contributed by atoms with Crippen LogP contribution in [0.25, 0.3) is 0 Å². The monoisotopic (exact) mass is 346 g/mol. The van der Waals surface area contributed by atoms with Gasteiger partial charge in [-0.25, -0.2) is 8.42 Å². The van der Waals surface area contributed by atoms with E-state index in [1.165, 1.54) is 12.1 Å². The molecular formula is C17H18N2O4S. The highest BCUT2D eigenvalue weighted by Gasteiger charge is 2.22. The number of fused-ring (bicyclic) bond motifs is 1. The van der Waals surface area contributed by atoms with Crippen LogP contribution in [0.3, 0.4) is 0 Å². The first-order valence-corrected chi connectivity index (χ1v) is 9.15. The molecule has 7 heteroatoms. The third kappa shape index (κ3) is 3.35. The molecule has 0 aliphatic carbocycles. The molecule has 1 aliphatic heterocycles. The normalized spacial score (nSPS) is 13.3. The topological polar surface area (TPSA) is 84.5 Å². The van der Waals surface area contributed by atoms with Crippen molar-refractivity contribution >= 4 is 27.3 Å². The van der Waals surface area contributed by atoms with Crippen LogP contribution in [0.5, 0.6) is 5.75 Å². The van der Waals surface area contributed by atoms with Crippen LogP contribution < -0.4 is 14.8 Å². The van der Waals surface area contributed by atoms with Crippen LogP contribution in [0.4, 0.5) is 11.4 Å². The second-order valence-corrected chi connectivity index (χ2v) is 7.18. The number of nitrogens with one attached hydrogen (secondary N) is 2. The number of carbonyl (C=O) groups is 1. The Hall–Kier alpha value is -2.54. The van der Waals surface area contributed by atoms with Crippen molar-refractivity contribution < 1.29 is 17.9 Å². The van der Waals surface area contributed by atoms with Crippen LogP contribution in [0.1, 0.15) is 18.9 Å². The highest BCUT2D eigenvalue weighted by atomic mass is 32.2.